The maximum Gasteiger partial charge on any atom is 0.330 e. The maximum atomic E-state index is 12.4. The Morgan fingerprint density at radius 2 is 1.07 bits per heavy atom. The number of carboxylic acids is 2. The second-order valence-electron chi connectivity index (χ2n) is 9.04. The molecule has 2 aromatic carbocycles. The summed E-state index contributed by atoms with van der Waals surface area (Å²) in [6.07, 6.45) is -0.648. The molecule has 11 nitrogen and oxygen atoms in total. The van der Waals surface area contributed by atoms with Gasteiger partial charge in [-0.25, -0.2) is 0 Å². The van der Waals surface area contributed by atoms with Crippen LogP contribution in [0.1, 0.15) is 56.2 Å². The average molecular weight is 635 g/mol. The summed E-state index contributed by atoms with van der Waals surface area (Å²) in [6.45, 7) is -0.0746. The third kappa shape index (κ3) is 7.88. The van der Waals surface area contributed by atoms with Gasteiger partial charge < -0.3 is 33.6 Å². The fraction of sp³-hybridized carbons (Fsp3) is 0.286. The van der Waals surface area contributed by atoms with Crippen molar-refractivity contribution < 1.29 is 52.8 Å². The summed E-state index contributed by atoms with van der Waals surface area (Å²) in [7, 11) is 0.679. The molecule has 0 fully saturated rings. The molecule has 2 heterocycles. The zero-order valence-electron chi connectivity index (χ0n) is 22.6. The first kappa shape index (κ1) is 31.5. The first-order chi connectivity index (χ1) is 20.1. The average Bonchev–Trinajstić information content (AvgIpc) is 3.58. The second-order valence-corrected chi connectivity index (χ2v) is 12.2. The number of ketones is 2. The van der Waals surface area contributed by atoms with Crippen molar-refractivity contribution in [2.45, 2.75) is 38.9 Å². The lowest BCUT2D eigenvalue weighted by molar-refractivity contribution is -0.137. The van der Waals surface area contributed by atoms with E-state index in [0.29, 0.717) is 32.4 Å². The minimum atomic E-state index is -2.31. The van der Waals surface area contributed by atoms with Crippen LogP contribution in [0.4, 0.5) is 0 Å². The van der Waals surface area contributed by atoms with Gasteiger partial charge in [0.1, 0.15) is 11.5 Å². The van der Waals surface area contributed by atoms with Crippen LogP contribution in [0.15, 0.2) is 36.4 Å². The molecule has 222 valence electrons. The molecule has 0 radical (unpaired) electrons. The van der Waals surface area contributed by atoms with E-state index in [1.54, 1.807) is 36.4 Å². The molecule has 0 amide bonds. The number of carbonyl (C=O) groups excluding carboxylic acids is 2. The van der Waals surface area contributed by atoms with Crippen LogP contribution in [0.3, 0.4) is 0 Å². The van der Waals surface area contributed by atoms with E-state index in [0.717, 1.165) is 20.2 Å². The highest BCUT2D eigenvalue weighted by atomic mass is 32.1. The molecule has 4 rings (SSSR count). The molecule has 4 aromatic rings. The molecule has 0 atom stereocenters. The number of carboxylic acid groups (broad SMARTS) is 2. The topological polar surface area (TPSA) is 166 Å². The van der Waals surface area contributed by atoms with E-state index in [1.807, 2.05) is 0 Å². The summed E-state index contributed by atoms with van der Waals surface area (Å²) in [5.74, 6) is -1.58. The number of methoxy groups -OCH3 is 2. The van der Waals surface area contributed by atoms with Gasteiger partial charge in [0, 0.05) is 33.4 Å². The second kappa shape index (κ2) is 14.1. The lowest BCUT2D eigenvalue weighted by atomic mass is 10.1. The summed E-state index contributed by atoms with van der Waals surface area (Å²) in [4.78, 5) is 57.7. The third-order valence-corrected chi connectivity index (χ3v) is 9.16. The quantitative estimate of drug-likeness (QED) is 0.0951. The molecule has 42 heavy (non-hydrogen) atoms. The van der Waals surface area contributed by atoms with Gasteiger partial charge in [0.15, 0.2) is 11.6 Å². The van der Waals surface area contributed by atoms with Crippen LogP contribution in [-0.4, -0.2) is 52.8 Å². The van der Waals surface area contributed by atoms with Crippen molar-refractivity contribution in [1.82, 2.24) is 0 Å². The highest BCUT2D eigenvalue weighted by Gasteiger charge is 2.18. The number of rotatable bonds is 16. The zero-order valence-corrected chi connectivity index (χ0v) is 25.1. The van der Waals surface area contributed by atoms with Crippen molar-refractivity contribution >= 4 is 75.0 Å². The minimum Gasteiger partial charge on any atom is -0.496 e. The maximum absolute atomic E-state index is 12.4. The Kier molecular flexibility index (Phi) is 10.6. The van der Waals surface area contributed by atoms with Crippen LogP contribution in [-0.2, 0) is 31.9 Å². The van der Waals surface area contributed by atoms with E-state index < -0.39 is 20.5 Å². The molecule has 0 saturated heterocycles. The van der Waals surface area contributed by atoms with Crippen molar-refractivity contribution in [1.29, 1.82) is 0 Å². The van der Waals surface area contributed by atoms with Crippen molar-refractivity contribution in [2.75, 3.05) is 14.2 Å². The fourth-order valence-electron chi connectivity index (χ4n) is 4.07. The number of benzene rings is 2. The van der Waals surface area contributed by atoms with Crippen LogP contribution >= 0.6 is 31.3 Å². The van der Waals surface area contributed by atoms with Gasteiger partial charge in [-0.1, -0.05) is 0 Å². The third-order valence-electron chi connectivity index (χ3n) is 6.18. The Labute approximate surface area is 249 Å². The Bertz CT molecular complexity index is 1520. The molecule has 0 aliphatic carbocycles. The number of hydrogen-bond acceptors (Lipinski definition) is 11. The van der Waals surface area contributed by atoms with Crippen LogP contribution in [0.5, 0.6) is 11.5 Å². The molecule has 0 saturated carbocycles. The Hall–Kier alpha value is -3.45. The molecular formula is C28H27O11PS2. The molecule has 0 unspecified atom stereocenters. The lowest BCUT2D eigenvalue weighted by Crippen LogP contribution is -2.01. The SMILES string of the molecule is COc1cc2cc(C(=O)CCC(=O)O)sc2cc1COP(O)OCc1cc2sc(C(=O)CCC(=O)O)cc2cc1OC. The van der Waals surface area contributed by atoms with E-state index >= 15 is 0 Å². The minimum absolute atomic E-state index is 0.0373. The van der Waals surface area contributed by atoms with Gasteiger partial charge in [0.2, 0.25) is 0 Å². The van der Waals surface area contributed by atoms with E-state index in [1.165, 1.54) is 36.9 Å². The van der Waals surface area contributed by atoms with E-state index in [2.05, 4.69) is 0 Å². The first-order valence-electron chi connectivity index (χ1n) is 12.5. The predicted molar refractivity (Wildman–Crippen MR) is 158 cm³/mol. The molecule has 0 aliphatic rings. The van der Waals surface area contributed by atoms with Gasteiger partial charge in [0.05, 0.1) is 50.0 Å². The van der Waals surface area contributed by atoms with E-state index in [4.69, 9.17) is 28.7 Å². The number of hydrogen-bond donors (Lipinski definition) is 3. The Balaban J connectivity index is 1.40. The Morgan fingerprint density at radius 1 is 0.667 bits per heavy atom. The van der Waals surface area contributed by atoms with Gasteiger partial charge in [-0.2, -0.15) is 0 Å². The largest absolute Gasteiger partial charge is 0.496 e. The van der Waals surface area contributed by atoms with E-state index in [-0.39, 0.29) is 50.5 Å². The molecule has 0 spiro atoms. The highest BCUT2D eigenvalue weighted by Crippen LogP contribution is 2.40. The van der Waals surface area contributed by atoms with Crippen molar-refractivity contribution in [3.05, 3.63) is 57.3 Å². The summed E-state index contributed by atoms with van der Waals surface area (Å²) in [6, 6.07) is 10.5. The van der Waals surface area contributed by atoms with Gasteiger partial charge in [-0.05, 0) is 47.2 Å². The van der Waals surface area contributed by atoms with Crippen molar-refractivity contribution in [3.8, 4) is 11.5 Å². The van der Waals surface area contributed by atoms with Crippen LogP contribution in [0.2, 0.25) is 0 Å². The highest BCUT2D eigenvalue weighted by molar-refractivity contribution is 7.40. The number of Topliss-reactive ketones (excluding diaryl/α,β-unsaturated/α-hetero) is 2. The fourth-order valence-corrected chi connectivity index (χ4v) is 6.80. The summed E-state index contributed by atoms with van der Waals surface area (Å²) >= 11 is 2.48. The molecule has 2 aromatic heterocycles. The van der Waals surface area contributed by atoms with Gasteiger partial charge in [-0.15, -0.1) is 22.7 Å². The van der Waals surface area contributed by atoms with Crippen molar-refractivity contribution in [3.63, 3.8) is 0 Å². The number of fused-ring (bicyclic) bond motifs is 2. The molecule has 0 aliphatic heterocycles. The number of ether oxygens (including phenoxy) is 2. The summed E-state index contributed by atoms with van der Waals surface area (Å²) in [5.41, 5.74) is 1.25. The van der Waals surface area contributed by atoms with Crippen molar-refractivity contribution in [2.24, 2.45) is 0 Å². The predicted octanol–water partition coefficient (Wildman–Crippen LogP) is 6.18. The normalized spacial score (nSPS) is 11.3. The summed E-state index contributed by atoms with van der Waals surface area (Å²) in [5, 5.41) is 19.2. The first-order valence-corrected chi connectivity index (χ1v) is 15.3. The standard InChI is InChI=1S/C28H27O11PS2/c1-36-21-7-15-9-25(19(29)3-5-27(31)32)41-23(15)11-17(21)13-38-40(35)39-14-18-12-24-16(8-22(18)37-2)10-26(42-24)20(30)4-6-28(33)34/h7-12,35H,3-6,13-14H2,1-2H3,(H,31,32)(H,33,34). The van der Waals surface area contributed by atoms with Crippen LogP contribution in [0, 0.1) is 0 Å². The van der Waals surface area contributed by atoms with Gasteiger partial charge >= 0.3 is 20.5 Å². The Morgan fingerprint density at radius 3 is 1.43 bits per heavy atom. The molecule has 14 heteroatoms. The zero-order chi connectivity index (χ0) is 30.4. The smallest absolute Gasteiger partial charge is 0.330 e. The van der Waals surface area contributed by atoms with Crippen LogP contribution in [0.25, 0.3) is 20.2 Å². The molecule has 0 bridgehead atoms. The number of carbonyl (C=O) groups is 4. The lowest BCUT2D eigenvalue weighted by Gasteiger charge is -2.14. The van der Waals surface area contributed by atoms with Gasteiger partial charge in [-0.3, -0.25) is 19.2 Å². The molecular weight excluding hydrogens is 607 g/mol. The monoisotopic (exact) mass is 634 g/mol. The number of thiophene rings is 2. The van der Waals surface area contributed by atoms with E-state index in [9.17, 15) is 24.1 Å². The number of aliphatic carboxylic acids is 2. The summed E-state index contributed by atoms with van der Waals surface area (Å²) < 4.78 is 23.6. The van der Waals surface area contributed by atoms with Crippen LogP contribution < -0.4 is 9.47 Å². The van der Waals surface area contributed by atoms with Gasteiger partial charge in [0.25, 0.3) is 0 Å². The molecule has 3 N–H and O–H groups in total.